The van der Waals surface area contributed by atoms with Gasteiger partial charge in [-0.25, -0.2) is 4.98 Å². The van der Waals surface area contributed by atoms with Gasteiger partial charge in [-0.05, 0) is 42.3 Å². The van der Waals surface area contributed by atoms with E-state index in [-0.39, 0.29) is 5.91 Å². The number of aromatic amines is 1. The highest BCUT2D eigenvalue weighted by Crippen LogP contribution is 2.30. The SMILES string of the molecule is O=C(NCCc1ccc2[nH]c3nccc(Cl)c3c2c1)c1ccccc1. The minimum absolute atomic E-state index is 0.0546. The Morgan fingerprint density at radius 3 is 2.80 bits per heavy atom. The fraction of sp³-hybridized carbons (Fsp3) is 0.100. The molecule has 5 heteroatoms. The van der Waals surface area contributed by atoms with Crippen molar-refractivity contribution in [2.24, 2.45) is 0 Å². The molecule has 4 aromatic rings. The van der Waals surface area contributed by atoms with Crippen molar-refractivity contribution in [3.8, 4) is 0 Å². The molecule has 4 rings (SSSR count). The third kappa shape index (κ3) is 3.08. The van der Waals surface area contributed by atoms with Crippen molar-refractivity contribution in [3.05, 3.63) is 76.9 Å². The molecule has 0 saturated carbocycles. The van der Waals surface area contributed by atoms with Crippen molar-refractivity contribution in [1.82, 2.24) is 15.3 Å². The number of hydrogen-bond acceptors (Lipinski definition) is 2. The molecule has 2 aromatic heterocycles. The van der Waals surface area contributed by atoms with Crippen LogP contribution in [0.3, 0.4) is 0 Å². The molecule has 1 amide bonds. The first-order valence-corrected chi connectivity index (χ1v) is 8.48. The molecule has 0 aliphatic heterocycles. The van der Waals surface area contributed by atoms with Gasteiger partial charge >= 0.3 is 0 Å². The summed E-state index contributed by atoms with van der Waals surface area (Å²) in [5, 5.41) is 5.63. The van der Waals surface area contributed by atoms with Gasteiger partial charge in [-0.1, -0.05) is 35.9 Å². The first kappa shape index (κ1) is 15.7. The highest BCUT2D eigenvalue weighted by molar-refractivity contribution is 6.37. The summed E-state index contributed by atoms with van der Waals surface area (Å²) in [6, 6.07) is 17.2. The summed E-state index contributed by atoms with van der Waals surface area (Å²) in [5.41, 5.74) is 3.61. The molecule has 0 atom stereocenters. The average molecular weight is 350 g/mol. The quantitative estimate of drug-likeness (QED) is 0.575. The van der Waals surface area contributed by atoms with E-state index < -0.39 is 0 Å². The van der Waals surface area contributed by atoms with E-state index in [1.807, 2.05) is 36.4 Å². The maximum Gasteiger partial charge on any atom is 0.251 e. The van der Waals surface area contributed by atoms with Crippen molar-refractivity contribution in [1.29, 1.82) is 0 Å². The second-order valence-electron chi connectivity index (χ2n) is 5.89. The molecule has 0 radical (unpaired) electrons. The van der Waals surface area contributed by atoms with E-state index in [0.29, 0.717) is 17.1 Å². The van der Waals surface area contributed by atoms with E-state index >= 15 is 0 Å². The van der Waals surface area contributed by atoms with Crippen LogP contribution in [0.5, 0.6) is 0 Å². The van der Waals surface area contributed by atoms with Crippen LogP contribution in [-0.4, -0.2) is 22.4 Å². The minimum atomic E-state index is -0.0546. The summed E-state index contributed by atoms with van der Waals surface area (Å²) in [6.07, 6.45) is 2.44. The van der Waals surface area contributed by atoms with E-state index in [9.17, 15) is 4.79 Å². The molecule has 2 aromatic carbocycles. The number of carbonyl (C=O) groups is 1. The number of aromatic nitrogens is 2. The number of carbonyl (C=O) groups excluding carboxylic acids is 1. The van der Waals surface area contributed by atoms with Gasteiger partial charge in [-0.2, -0.15) is 0 Å². The number of H-pyrrole nitrogens is 1. The predicted molar refractivity (Wildman–Crippen MR) is 101 cm³/mol. The van der Waals surface area contributed by atoms with Crippen LogP contribution in [0.1, 0.15) is 15.9 Å². The van der Waals surface area contributed by atoms with Crippen LogP contribution in [-0.2, 0) is 6.42 Å². The summed E-state index contributed by atoms with van der Waals surface area (Å²) in [4.78, 5) is 19.7. The van der Waals surface area contributed by atoms with Crippen LogP contribution in [0, 0.1) is 0 Å². The van der Waals surface area contributed by atoms with Crippen LogP contribution >= 0.6 is 11.6 Å². The Morgan fingerprint density at radius 1 is 1.12 bits per heavy atom. The molecule has 0 spiro atoms. The van der Waals surface area contributed by atoms with Gasteiger partial charge in [0.15, 0.2) is 0 Å². The topological polar surface area (TPSA) is 57.8 Å². The van der Waals surface area contributed by atoms with E-state index in [4.69, 9.17) is 11.6 Å². The summed E-state index contributed by atoms with van der Waals surface area (Å²) < 4.78 is 0. The van der Waals surface area contributed by atoms with Crippen LogP contribution in [0.4, 0.5) is 0 Å². The first-order chi connectivity index (χ1) is 12.2. The number of hydrogen-bond donors (Lipinski definition) is 2. The Balaban J connectivity index is 1.52. The molecule has 0 bridgehead atoms. The van der Waals surface area contributed by atoms with Crippen molar-refractivity contribution >= 4 is 39.4 Å². The number of rotatable bonds is 4. The number of halogens is 1. The molecule has 2 N–H and O–H groups in total. The fourth-order valence-corrected chi connectivity index (χ4v) is 3.24. The average Bonchev–Trinajstić information content (AvgIpc) is 3.01. The van der Waals surface area contributed by atoms with Crippen molar-refractivity contribution in [2.45, 2.75) is 6.42 Å². The Kier molecular flexibility index (Phi) is 4.12. The molecule has 4 nitrogen and oxygen atoms in total. The standard InChI is InChI=1S/C20H16ClN3O/c21-16-9-11-22-19-18(16)15-12-13(6-7-17(15)24-19)8-10-23-20(25)14-4-2-1-3-5-14/h1-7,9,11-12H,8,10H2,(H,22,24)(H,23,25). The number of pyridine rings is 1. The van der Waals surface area contributed by atoms with Gasteiger partial charge < -0.3 is 10.3 Å². The molecule has 2 heterocycles. The molecule has 25 heavy (non-hydrogen) atoms. The fourth-order valence-electron chi connectivity index (χ4n) is 2.99. The van der Waals surface area contributed by atoms with Crippen molar-refractivity contribution in [2.75, 3.05) is 6.54 Å². The smallest absolute Gasteiger partial charge is 0.251 e. The molecule has 124 valence electrons. The van der Waals surface area contributed by atoms with Gasteiger partial charge in [0.1, 0.15) is 5.65 Å². The summed E-state index contributed by atoms with van der Waals surface area (Å²) in [5.74, 6) is -0.0546. The Morgan fingerprint density at radius 2 is 1.96 bits per heavy atom. The van der Waals surface area contributed by atoms with Gasteiger partial charge in [0.25, 0.3) is 5.91 Å². The Bertz CT molecular complexity index is 1060. The lowest BCUT2D eigenvalue weighted by atomic mass is 10.1. The number of nitrogens with one attached hydrogen (secondary N) is 2. The second kappa shape index (κ2) is 6.57. The molecular weight excluding hydrogens is 334 g/mol. The zero-order chi connectivity index (χ0) is 17.2. The highest BCUT2D eigenvalue weighted by atomic mass is 35.5. The zero-order valence-corrected chi connectivity index (χ0v) is 14.2. The lowest BCUT2D eigenvalue weighted by Gasteiger charge is -2.06. The van der Waals surface area contributed by atoms with Crippen LogP contribution in [0.25, 0.3) is 21.9 Å². The third-order valence-electron chi connectivity index (χ3n) is 4.24. The highest BCUT2D eigenvalue weighted by Gasteiger charge is 2.09. The monoisotopic (exact) mass is 349 g/mol. The van der Waals surface area contributed by atoms with E-state index in [1.165, 1.54) is 0 Å². The van der Waals surface area contributed by atoms with Crippen molar-refractivity contribution in [3.63, 3.8) is 0 Å². The maximum atomic E-state index is 12.1. The molecule has 0 aliphatic rings. The lowest BCUT2D eigenvalue weighted by Crippen LogP contribution is -2.25. The molecular formula is C20H16ClN3O. The summed E-state index contributed by atoms with van der Waals surface area (Å²) in [7, 11) is 0. The number of benzene rings is 2. The normalized spacial score (nSPS) is 11.1. The van der Waals surface area contributed by atoms with Gasteiger partial charge in [0.05, 0.1) is 5.02 Å². The van der Waals surface area contributed by atoms with Gasteiger partial charge in [-0.3, -0.25) is 4.79 Å². The van der Waals surface area contributed by atoms with E-state index in [2.05, 4.69) is 27.4 Å². The number of fused-ring (bicyclic) bond motifs is 3. The zero-order valence-electron chi connectivity index (χ0n) is 13.4. The maximum absolute atomic E-state index is 12.1. The van der Waals surface area contributed by atoms with Gasteiger partial charge in [0, 0.05) is 34.6 Å². The largest absolute Gasteiger partial charge is 0.352 e. The van der Waals surface area contributed by atoms with E-state index in [0.717, 1.165) is 33.9 Å². The Labute approximate surface area is 149 Å². The van der Waals surface area contributed by atoms with Crippen LogP contribution in [0.15, 0.2) is 60.8 Å². The lowest BCUT2D eigenvalue weighted by molar-refractivity contribution is 0.0954. The van der Waals surface area contributed by atoms with E-state index in [1.54, 1.807) is 12.3 Å². The minimum Gasteiger partial charge on any atom is -0.352 e. The van der Waals surface area contributed by atoms with Gasteiger partial charge in [0.2, 0.25) is 0 Å². The van der Waals surface area contributed by atoms with Crippen molar-refractivity contribution < 1.29 is 4.79 Å². The second-order valence-corrected chi connectivity index (χ2v) is 6.30. The summed E-state index contributed by atoms with van der Waals surface area (Å²) >= 11 is 6.33. The van der Waals surface area contributed by atoms with Crippen LogP contribution < -0.4 is 5.32 Å². The number of amides is 1. The molecule has 0 unspecified atom stereocenters. The summed E-state index contributed by atoms with van der Waals surface area (Å²) in [6.45, 7) is 0.577. The first-order valence-electron chi connectivity index (χ1n) is 8.10. The number of nitrogens with zero attached hydrogens (tertiary/aromatic N) is 1. The molecule has 0 saturated heterocycles. The predicted octanol–water partition coefficient (Wildman–Crippen LogP) is 4.34. The molecule has 0 aliphatic carbocycles. The van der Waals surface area contributed by atoms with Crippen LogP contribution in [0.2, 0.25) is 5.02 Å². The third-order valence-corrected chi connectivity index (χ3v) is 4.56. The molecule has 0 fully saturated rings. The Hall–Kier alpha value is -2.85. The van der Waals surface area contributed by atoms with Gasteiger partial charge in [-0.15, -0.1) is 0 Å².